The first-order valence-electron chi connectivity index (χ1n) is 5.73. The molecular weight excluding hydrogens is 242 g/mol. The second kappa shape index (κ2) is 6.26. The van der Waals surface area contributed by atoms with Crippen LogP contribution in [-0.4, -0.2) is 11.1 Å². The van der Waals surface area contributed by atoms with Crippen molar-refractivity contribution < 1.29 is 14.6 Å². The first-order valence-corrected chi connectivity index (χ1v) is 5.73. The van der Waals surface area contributed by atoms with Gasteiger partial charge in [-0.2, -0.15) is 0 Å². The standard InChI is InChI=1S/C15H13NO3/c17-15(18)10-11-16-13-8-4-5-9-14(13)19-12-6-2-1-3-7-12/h1-11,16H,(H,17,18)/b11-10+. The summed E-state index contributed by atoms with van der Waals surface area (Å²) in [5.74, 6) is 0.344. The van der Waals surface area contributed by atoms with Crippen LogP contribution in [0.4, 0.5) is 5.69 Å². The maximum atomic E-state index is 10.4. The van der Waals surface area contributed by atoms with E-state index in [2.05, 4.69) is 5.32 Å². The minimum Gasteiger partial charge on any atom is -0.478 e. The number of nitrogens with one attached hydrogen (secondary N) is 1. The van der Waals surface area contributed by atoms with Gasteiger partial charge in [0.2, 0.25) is 0 Å². The summed E-state index contributed by atoms with van der Waals surface area (Å²) in [6, 6.07) is 16.7. The predicted octanol–water partition coefficient (Wildman–Crippen LogP) is 3.49. The second-order valence-electron chi connectivity index (χ2n) is 3.73. The van der Waals surface area contributed by atoms with E-state index in [0.29, 0.717) is 11.4 Å². The lowest BCUT2D eigenvalue weighted by atomic mass is 10.3. The van der Waals surface area contributed by atoms with E-state index in [-0.39, 0.29) is 0 Å². The lowest BCUT2D eigenvalue weighted by Gasteiger charge is -2.10. The summed E-state index contributed by atoms with van der Waals surface area (Å²) in [5, 5.41) is 11.4. The number of rotatable bonds is 5. The Morgan fingerprint density at radius 3 is 2.47 bits per heavy atom. The van der Waals surface area contributed by atoms with Crippen LogP contribution >= 0.6 is 0 Å². The second-order valence-corrected chi connectivity index (χ2v) is 3.73. The fourth-order valence-electron chi connectivity index (χ4n) is 1.49. The minimum absolute atomic E-state index is 0.628. The smallest absolute Gasteiger partial charge is 0.329 e. The van der Waals surface area contributed by atoms with E-state index in [9.17, 15) is 4.79 Å². The number of ether oxygens (including phenoxy) is 1. The topological polar surface area (TPSA) is 58.6 Å². The van der Waals surface area contributed by atoms with Crippen LogP contribution in [-0.2, 0) is 4.79 Å². The molecule has 2 aromatic rings. The summed E-state index contributed by atoms with van der Waals surface area (Å²) in [7, 11) is 0. The quantitative estimate of drug-likeness (QED) is 0.803. The zero-order valence-electron chi connectivity index (χ0n) is 10.1. The van der Waals surface area contributed by atoms with Gasteiger partial charge < -0.3 is 15.2 Å². The van der Waals surface area contributed by atoms with Crippen LogP contribution in [0.3, 0.4) is 0 Å². The van der Waals surface area contributed by atoms with Crippen molar-refractivity contribution in [2.24, 2.45) is 0 Å². The highest BCUT2D eigenvalue weighted by Gasteiger charge is 2.02. The summed E-state index contributed by atoms with van der Waals surface area (Å²) in [6.45, 7) is 0. The fraction of sp³-hybridized carbons (Fsp3) is 0. The van der Waals surface area contributed by atoms with E-state index in [1.165, 1.54) is 6.20 Å². The van der Waals surface area contributed by atoms with E-state index in [1.54, 1.807) is 0 Å². The molecule has 2 N–H and O–H groups in total. The summed E-state index contributed by atoms with van der Waals surface area (Å²) in [6.07, 6.45) is 2.38. The molecule has 0 heterocycles. The molecule has 4 heteroatoms. The zero-order chi connectivity index (χ0) is 13.5. The number of hydrogen-bond donors (Lipinski definition) is 2. The number of anilines is 1. The molecule has 19 heavy (non-hydrogen) atoms. The predicted molar refractivity (Wildman–Crippen MR) is 73.4 cm³/mol. The Morgan fingerprint density at radius 1 is 1.05 bits per heavy atom. The molecule has 0 fully saturated rings. The molecule has 0 atom stereocenters. The Bertz CT molecular complexity index is 579. The zero-order valence-corrected chi connectivity index (χ0v) is 10.1. The van der Waals surface area contributed by atoms with E-state index >= 15 is 0 Å². The molecule has 0 unspecified atom stereocenters. The highest BCUT2D eigenvalue weighted by atomic mass is 16.5. The van der Waals surface area contributed by atoms with Crippen LogP contribution in [0.5, 0.6) is 11.5 Å². The van der Waals surface area contributed by atoms with Gasteiger partial charge in [-0.15, -0.1) is 0 Å². The average Bonchev–Trinajstić information content (AvgIpc) is 2.41. The number of benzene rings is 2. The van der Waals surface area contributed by atoms with Gasteiger partial charge in [0, 0.05) is 12.3 Å². The van der Waals surface area contributed by atoms with Crippen LogP contribution in [0.25, 0.3) is 0 Å². The molecule has 0 aliphatic rings. The van der Waals surface area contributed by atoms with E-state index in [0.717, 1.165) is 11.8 Å². The van der Waals surface area contributed by atoms with Gasteiger partial charge in [0.1, 0.15) is 5.75 Å². The fourth-order valence-corrected chi connectivity index (χ4v) is 1.49. The summed E-state index contributed by atoms with van der Waals surface area (Å²) < 4.78 is 5.72. The third-order valence-corrected chi connectivity index (χ3v) is 2.32. The average molecular weight is 255 g/mol. The van der Waals surface area contributed by atoms with E-state index < -0.39 is 5.97 Å². The normalized spacial score (nSPS) is 10.3. The molecule has 0 radical (unpaired) electrons. The summed E-state index contributed by atoms with van der Waals surface area (Å²) in [5.41, 5.74) is 0.698. The van der Waals surface area contributed by atoms with Crippen molar-refractivity contribution >= 4 is 11.7 Å². The maximum Gasteiger partial charge on any atom is 0.329 e. The minimum atomic E-state index is -1.01. The molecule has 0 saturated carbocycles. The lowest BCUT2D eigenvalue weighted by Crippen LogP contribution is -1.94. The van der Waals surface area contributed by atoms with Gasteiger partial charge in [-0.1, -0.05) is 30.3 Å². The third kappa shape index (κ3) is 3.89. The van der Waals surface area contributed by atoms with E-state index in [4.69, 9.17) is 9.84 Å². The number of para-hydroxylation sites is 3. The SMILES string of the molecule is O=C(O)/C=C/Nc1ccccc1Oc1ccccc1. The lowest BCUT2D eigenvalue weighted by molar-refractivity contribution is -0.131. The third-order valence-electron chi connectivity index (χ3n) is 2.32. The van der Waals surface area contributed by atoms with Gasteiger partial charge in [0.15, 0.2) is 5.75 Å². The Balaban J connectivity index is 2.14. The highest BCUT2D eigenvalue weighted by Crippen LogP contribution is 2.28. The van der Waals surface area contributed by atoms with Crippen molar-refractivity contribution in [2.45, 2.75) is 0 Å². The van der Waals surface area contributed by atoms with Gasteiger partial charge in [-0.3, -0.25) is 0 Å². The Kier molecular flexibility index (Phi) is 4.18. The molecule has 4 nitrogen and oxygen atoms in total. The maximum absolute atomic E-state index is 10.4. The first kappa shape index (κ1) is 12.7. The number of carboxylic acids is 1. The largest absolute Gasteiger partial charge is 0.478 e. The molecule has 0 spiro atoms. The summed E-state index contributed by atoms with van der Waals surface area (Å²) >= 11 is 0. The van der Waals surface area contributed by atoms with Gasteiger partial charge >= 0.3 is 5.97 Å². The molecule has 0 aliphatic heterocycles. The Hall–Kier alpha value is -2.75. The number of hydrogen-bond acceptors (Lipinski definition) is 3. The highest BCUT2D eigenvalue weighted by molar-refractivity contribution is 5.80. The van der Waals surface area contributed by atoms with Crippen molar-refractivity contribution in [3.8, 4) is 11.5 Å². The number of carboxylic acid groups (broad SMARTS) is 1. The molecule has 0 aromatic heterocycles. The van der Waals surface area contributed by atoms with Gasteiger partial charge in [0.25, 0.3) is 0 Å². The molecule has 2 rings (SSSR count). The molecule has 0 bridgehead atoms. The van der Waals surface area contributed by atoms with Gasteiger partial charge in [-0.05, 0) is 24.3 Å². The molecule has 96 valence electrons. The van der Waals surface area contributed by atoms with Crippen LogP contribution in [0.15, 0.2) is 66.9 Å². The number of aliphatic carboxylic acids is 1. The molecule has 0 aliphatic carbocycles. The molecule has 2 aromatic carbocycles. The van der Waals surface area contributed by atoms with Crippen LogP contribution in [0.2, 0.25) is 0 Å². The molecule has 0 amide bonds. The Morgan fingerprint density at radius 2 is 1.74 bits per heavy atom. The molecule has 0 saturated heterocycles. The van der Waals surface area contributed by atoms with Crippen LogP contribution in [0, 0.1) is 0 Å². The molecular formula is C15H13NO3. The van der Waals surface area contributed by atoms with Crippen molar-refractivity contribution in [3.63, 3.8) is 0 Å². The van der Waals surface area contributed by atoms with Gasteiger partial charge in [0.05, 0.1) is 5.69 Å². The van der Waals surface area contributed by atoms with Crippen molar-refractivity contribution in [2.75, 3.05) is 5.32 Å². The van der Waals surface area contributed by atoms with E-state index in [1.807, 2.05) is 54.6 Å². The van der Waals surface area contributed by atoms with Crippen molar-refractivity contribution in [3.05, 3.63) is 66.9 Å². The monoisotopic (exact) mass is 255 g/mol. The van der Waals surface area contributed by atoms with Crippen LogP contribution < -0.4 is 10.1 Å². The first-order chi connectivity index (χ1) is 9.25. The van der Waals surface area contributed by atoms with Crippen molar-refractivity contribution in [1.29, 1.82) is 0 Å². The van der Waals surface area contributed by atoms with Crippen molar-refractivity contribution in [1.82, 2.24) is 0 Å². The van der Waals surface area contributed by atoms with Crippen LogP contribution in [0.1, 0.15) is 0 Å². The summed E-state index contributed by atoms with van der Waals surface area (Å²) in [4.78, 5) is 10.4. The Labute approximate surface area is 111 Å². The number of carbonyl (C=O) groups is 1. The van der Waals surface area contributed by atoms with Gasteiger partial charge in [-0.25, -0.2) is 4.79 Å².